The van der Waals surface area contributed by atoms with Crippen LogP contribution >= 0.6 is 22.9 Å². The van der Waals surface area contributed by atoms with Gasteiger partial charge in [0.05, 0.1) is 9.94 Å². The van der Waals surface area contributed by atoms with E-state index in [2.05, 4.69) is 32.3 Å². The van der Waals surface area contributed by atoms with Crippen molar-refractivity contribution < 1.29 is 4.74 Å². The molecule has 1 saturated carbocycles. The van der Waals surface area contributed by atoms with Crippen LogP contribution in [-0.4, -0.2) is 25.3 Å². The van der Waals surface area contributed by atoms with Gasteiger partial charge in [0.2, 0.25) is 0 Å². The molecule has 3 unspecified atom stereocenters. The van der Waals surface area contributed by atoms with Crippen LogP contribution in [0.1, 0.15) is 44.4 Å². The van der Waals surface area contributed by atoms with Crippen molar-refractivity contribution in [2.75, 3.05) is 13.7 Å². The molecule has 0 amide bonds. The molecule has 1 aliphatic carbocycles. The molecule has 0 saturated heterocycles. The Balaban J connectivity index is 2.15. The first-order valence-electron chi connectivity index (χ1n) is 7.65. The van der Waals surface area contributed by atoms with Crippen molar-refractivity contribution in [3.63, 3.8) is 0 Å². The Labute approximate surface area is 131 Å². The SMILES string of the molecule is CCOC1(C(Cc2ccc(Cl)s2)NC)CCCC(C)C1. The van der Waals surface area contributed by atoms with Crippen molar-refractivity contribution in [2.24, 2.45) is 5.92 Å². The highest BCUT2D eigenvalue weighted by molar-refractivity contribution is 7.16. The Morgan fingerprint density at radius 2 is 2.35 bits per heavy atom. The van der Waals surface area contributed by atoms with E-state index in [1.807, 2.05) is 6.07 Å². The summed E-state index contributed by atoms with van der Waals surface area (Å²) in [6.45, 7) is 5.24. The van der Waals surface area contributed by atoms with E-state index in [0.29, 0.717) is 6.04 Å². The molecule has 1 aromatic rings. The van der Waals surface area contributed by atoms with Gasteiger partial charge in [-0.05, 0) is 51.3 Å². The summed E-state index contributed by atoms with van der Waals surface area (Å²) in [5.74, 6) is 0.748. The summed E-state index contributed by atoms with van der Waals surface area (Å²) in [6.07, 6.45) is 5.92. The lowest BCUT2D eigenvalue weighted by Gasteiger charge is -2.45. The number of likely N-dealkylation sites (N-methyl/N-ethyl adjacent to an activating group) is 1. The molecule has 3 atom stereocenters. The Hall–Kier alpha value is -0.0900. The molecule has 0 aromatic carbocycles. The van der Waals surface area contributed by atoms with Gasteiger partial charge >= 0.3 is 0 Å². The molecule has 2 rings (SSSR count). The fourth-order valence-corrected chi connectivity index (χ4v) is 4.73. The second kappa shape index (κ2) is 7.26. The van der Waals surface area contributed by atoms with E-state index in [1.54, 1.807) is 11.3 Å². The van der Waals surface area contributed by atoms with Gasteiger partial charge in [-0.2, -0.15) is 0 Å². The molecular weight excluding hydrogens is 290 g/mol. The standard InChI is InChI=1S/C16H26ClNOS/c1-4-19-16(9-5-6-12(2)11-16)14(18-3)10-13-7-8-15(17)20-13/h7-8,12,14,18H,4-6,9-11H2,1-3H3. The number of hydrogen-bond donors (Lipinski definition) is 1. The fraction of sp³-hybridized carbons (Fsp3) is 0.750. The van der Waals surface area contributed by atoms with Crippen molar-refractivity contribution in [1.29, 1.82) is 0 Å². The third kappa shape index (κ3) is 3.76. The largest absolute Gasteiger partial charge is 0.374 e. The summed E-state index contributed by atoms with van der Waals surface area (Å²) in [5.41, 5.74) is -0.0162. The molecule has 0 aliphatic heterocycles. The van der Waals surface area contributed by atoms with Gasteiger partial charge in [-0.1, -0.05) is 31.4 Å². The number of rotatable bonds is 6. The fourth-order valence-electron chi connectivity index (χ4n) is 3.59. The number of halogens is 1. The minimum Gasteiger partial charge on any atom is -0.374 e. The molecule has 0 radical (unpaired) electrons. The maximum atomic E-state index is 6.28. The molecular formula is C16H26ClNOS. The summed E-state index contributed by atoms with van der Waals surface area (Å²) in [4.78, 5) is 1.34. The molecule has 1 heterocycles. The predicted octanol–water partition coefficient (Wildman–Crippen LogP) is 4.52. The second-order valence-electron chi connectivity index (χ2n) is 5.95. The van der Waals surface area contributed by atoms with Crippen LogP contribution in [0.25, 0.3) is 0 Å². The topological polar surface area (TPSA) is 21.3 Å². The van der Waals surface area contributed by atoms with Crippen molar-refractivity contribution >= 4 is 22.9 Å². The van der Waals surface area contributed by atoms with Crippen molar-refractivity contribution in [3.05, 3.63) is 21.3 Å². The molecule has 0 spiro atoms. The molecule has 1 aromatic heterocycles. The van der Waals surface area contributed by atoms with E-state index in [4.69, 9.17) is 16.3 Å². The summed E-state index contributed by atoms with van der Waals surface area (Å²) in [5, 5.41) is 3.51. The van der Waals surface area contributed by atoms with Crippen LogP contribution in [0.3, 0.4) is 0 Å². The van der Waals surface area contributed by atoms with E-state index < -0.39 is 0 Å². The summed E-state index contributed by atoms with van der Waals surface area (Å²) in [6, 6.07) is 4.49. The zero-order valence-corrected chi connectivity index (χ0v) is 14.3. The first kappa shape index (κ1) is 16.3. The highest BCUT2D eigenvalue weighted by Gasteiger charge is 2.42. The van der Waals surface area contributed by atoms with Gasteiger partial charge in [-0.15, -0.1) is 11.3 Å². The quantitative estimate of drug-likeness (QED) is 0.833. The van der Waals surface area contributed by atoms with Crippen LogP contribution in [0.5, 0.6) is 0 Å². The van der Waals surface area contributed by atoms with Crippen LogP contribution in [0.4, 0.5) is 0 Å². The lowest BCUT2D eigenvalue weighted by atomic mass is 9.73. The van der Waals surface area contributed by atoms with E-state index >= 15 is 0 Å². The Morgan fingerprint density at radius 1 is 1.55 bits per heavy atom. The van der Waals surface area contributed by atoms with Crippen molar-refractivity contribution in [2.45, 2.75) is 57.6 Å². The molecule has 114 valence electrons. The lowest BCUT2D eigenvalue weighted by molar-refractivity contribution is -0.0986. The third-order valence-electron chi connectivity index (χ3n) is 4.44. The van der Waals surface area contributed by atoms with Crippen LogP contribution in [0.2, 0.25) is 4.34 Å². The molecule has 1 N–H and O–H groups in total. The molecule has 2 nitrogen and oxygen atoms in total. The van der Waals surface area contributed by atoms with Gasteiger partial charge < -0.3 is 10.1 Å². The lowest BCUT2D eigenvalue weighted by Crippen LogP contribution is -2.55. The highest BCUT2D eigenvalue weighted by atomic mass is 35.5. The van der Waals surface area contributed by atoms with Crippen LogP contribution < -0.4 is 5.32 Å². The van der Waals surface area contributed by atoms with Crippen LogP contribution in [0.15, 0.2) is 12.1 Å². The van der Waals surface area contributed by atoms with Crippen LogP contribution in [-0.2, 0) is 11.2 Å². The van der Waals surface area contributed by atoms with Gasteiger partial charge in [0.25, 0.3) is 0 Å². The summed E-state index contributed by atoms with van der Waals surface area (Å²) >= 11 is 7.74. The van der Waals surface area contributed by atoms with E-state index in [0.717, 1.165) is 36.1 Å². The number of nitrogens with one attached hydrogen (secondary N) is 1. The number of ether oxygens (including phenoxy) is 1. The maximum Gasteiger partial charge on any atom is 0.0931 e. The van der Waals surface area contributed by atoms with Gasteiger partial charge in [0.1, 0.15) is 0 Å². The van der Waals surface area contributed by atoms with E-state index in [-0.39, 0.29) is 5.60 Å². The zero-order valence-electron chi connectivity index (χ0n) is 12.7. The number of hydrogen-bond acceptors (Lipinski definition) is 3. The molecule has 4 heteroatoms. The summed E-state index contributed by atoms with van der Waals surface area (Å²) in [7, 11) is 2.06. The Kier molecular flexibility index (Phi) is 5.91. The smallest absolute Gasteiger partial charge is 0.0931 e. The van der Waals surface area contributed by atoms with Gasteiger partial charge in [-0.25, -0.2) is 0 Å². The monoisotopic (exact) mass is 315 g/mol. The zero-order chi connectivity index (χ0) is 14.6. The predicted molar refractivity (Wildman–Crippen MR) is 87.9 cm³/mol. The first-order valence-corrected chi connectivity index (χ1v) is 8.84. The van der Waals surface area contributed by atoms with E-state index in [1.165, 1.54) is 17.7 Å². The van der Waals surface area contributed by atoms with Crippen LogP contribution in [0, 0.1) is 5.92 Å². The van der Waals surface area contributed by atoms with Crippen molar-refractivity contribution in [1.82, 2.24) is 5.32 Å². The minimum atomic E-state index is -0.0162. The highest BCUT2D eigenvalue weighted by Crippen LogP contribution is 2.39. The average molecular weight is 316 g/mol. The number of thiophene rings is 1. The molecule has 1 fully saturated rings. The first-order chi connectivity index (χ1) is 9.59. The normalized spacial score (nSPS) is 28.5. The van der Waals surface area contributed by atoms with E-state index in [9.17, 15) is 0 Å². The molecule has 0 bridgehead atoms. The average Bonchev–Trinajstić information content (AvgIpc) is 2.82. The van der Waals surface area contributed by atoms with Gasteiger partial charge in [0, 0.05) is 17.5 Å². The molecule has 20 heavy (non-hydrogen) atoms. The summed E-state index contributed by atoms with van der Waals surface area (Å²) < 4.78 is 7.15. The Morgan fingerprint density at radius 3 is 2.90 bits per heavy atom. The molecule has 1 aliphatic rings. The second-order valence-corrected chi connectivity index (χ2v) is 7.75. The van der Waals surface area contributed by atoms with Gasteiger partial charge in [0.15, 0.2) is 0 Å². The van der Waals surface area contributed by atoms with Gasteiger partial charge in [-0.3, -0.25) is 0 Å². The Bertz CT molecular complexity index is 418. The maximum absolute atomic E-state index is 6.28. The van der Waals surface area contributed by atoms with Crippen molar-refractivity contribution in [3.8, 4) is 0 Å². The third-order valence-corrected chi connectivity index (χ3v) is 5.69. The minimum absolute atomic E-state index is 0.0162.